The first-order valence-corrected chi connectivity index (χ1v) is 5.68. The number of benzene rings is 1. The predicted octanol–water partition coefficient (Wildman–Crippen LogP) is 0.517. The standard InChI is InChI=1S/C12H11N5O2/c1-19-12-14-11-10(17(18)15-12)13-8-16(11)7-9-5-3-2-4-6-9/h2-6,8H,7H2,1H3. The average molecular weight is 257 g/mol. The van der Waals surface area contributed by atoms with Crippen LogP contribution in [0.1, 0.15) is 5.56 Å². The van der Waals surface area contributed by atoms with Gasteiger partial charge in [0.25, 0.3) is 0 Å². The smallest absolute Gasteiger partial charge is 0.392 e. The molecule has 0 radical (unpaired) electrons. The van der Waals surface area contributed by atoms with Gasteiger partial charge in [-0.05, 0) is 15.6 Å². The quantitative estimate of drug-likeness (QED) is 0.504. The molecule has 2 aromatic heterocycles. The number of rotatable bonds is 3. The molecule has 0 atom stereocenters. The Balaban J connectivity index is 2.07. The third-order valence-corrected chi connectivity index (χ3v) is 2.73. The lowest BCUT2D eigenvalue weighted by atomic mass is 10.2. The van der Waals surface area contributed by atoms with Crippen molar-refractivity contribution in [1.29, 1.82) is 0 Å². The van der Waals surface area contributed by atoms with Crippen LogP contribution in [0.15, 0.2) is 36.7 Å². The first-order valence-electron chi connectivity index (χ1n) is 5.68. The van der Waals surface area contributed by atoms with Crippen molar-refractivity contribution >= 4 is 11.3 Å². The van der Waals surface area contributed by atoms with Gasteiger partial charge in [-0.2, -0.15) is 4.98 Å². The van der Waals surface area contributed by atoms with Crippen LogP contribution in [0.5, 0.6) is 6.01 Å². The highest BCUT2D eigenvalue weighted by Crippen LogP contribution is 2.11. The van der Waals surface area contributed by atoms with Gasteiger partial charge in [0.05, 0.1) is 13.7 Å². The van der Waals surface area contributed by atoms with Gasteiger partial charge in [-0.1, -0.05) is 30.3 Å². The first-order chi connectivity index (χ1) is 9.28. The van der Waals surface area contributed by atoms with Gasteiger partial charge in [0.2, 0.25) is 12.0 Å². The zero-order valence-corrected chi connectivity index (χ0v) is 10.2. The summed E-state index contributed by atoms with van der Waals surface area (Å²) in [5.74, 6) is 0. The molecular formula is C12H11N5O2. The number of imidazole rings is 1. The Morgan fingerprint density at radius 3 is 2.84 bits per heavy atom. The highest BCUT2D eigenvalue weighted by atomic mass is 16.5. The third kappa shape index (κ3) is 2.05. The second-order valence-corrected chi connectivity index (χ2v) is 3.98. The van der Waals surface area contributed by atoms with Crippen LogP contribution < -0.4 is 9.58 Å². The van der Waals surface area contributed by atoms with Crippen molar-refractivity contribution in [1.82, 2.24) is 19.6 Å². The maximum atomic E-state index is 11.6. The van der Waals surface area contributed by atoms with Gasteiger partial charge in [-0.15, -0.1) is 4.85 Å². The number of fused-ring (bicyclic) bond motifs is 1. The van der Waals surface area contributed by atoms with Crippen LogP contribution in [-0.2, 0) is 6.54 Å². The molecule has 0 aliphatic carbocycles. The molecule has 1 aromatic carbocycles. The molecule has 2 heterocycles. The number of hydrogen-bond donors (Lipinski definition) is 0. The normalized spacial score (nSPS) is 10.8. The summed E-state index contributed by atoms with van der Waals surface area (Å²) >= 11 is 0. The Hall–Kier alpha value is -2.70. The Morgan fingerprint density at radius 2 is 2.11 bits per heavy atom. The maximum absolute atomic E-state index is 11.6. The zero-order valence-electron chi connectivity index (χ0n) is 10.2. The molecule has 7 heteroatoms. The SMILES string of the molecule is COc1nc2c(ncn2Cc2ccccc2)[n+]([O-])n1. The van der Waals surface area contributed by atoms with E-state index >= 15 is 0 Å². The van der Waals surface area contributed by atoms with Crippen LogP contribution in [0.4, 0.5) is 0 Å². The zero-order chi connectivity index (χ0) is 13.2. The largest absolute Gasteiger partial charge is 0.690 e. The summed E-state index contributed by atoms with van der Waals surface area (Å²) in [7, 11) is 1.42. The Kier molecular flexibility index (Phi) is 2.71. The topological polar surface area (TPSA) is 79.8 Å². The van der Waals surface area contributed by atoms with Crippen molar-refractivity contribution in [3.63, 3.8) is 0 Å². The summed E-state index contributed by atoms with van der Waals surface area (Å²) in [6, 6.07) is 9.88. The summed E-state index contributed by atoms with van der Waals surface area (Å²) in [6.07, 6.45) is 1.57. The monoisotopic (exact) mass is 257 g/mol. The van der Waals surface area contributed by atoms with E-state index in [0.29, 0.717) is 17.0 Å². The molecule has 0 amide bonds. The lowest BCUT2D eigenvalue weighted by molar-refractivity contribution is -0.645. The van der Waals surface area contributed by atoms with Gasteiger partial charge < -0.3 is 9.94 Å². The van der Waals surface area contributed by atoms with E-state index in [0.717, 1.165) is 5.56 Å². The molecule has 3 rings (SSSR count). The molecule has 0 aliphatic rings. The van der Waals surface area contributed by atoms with Crippen molar-refractivity contribution in [3.05, 3.63) is 47.4 Å². The average Bonchev–Trinajstić information content (AvgIpc) is 2.83. The van der Waals surface area contributed by atoms with Gasteiger partial charge >= 0.3 is 11.7 Å². The molecule has 96 valence electrons. The van der Waals surface area contributed by atoms with Crippen LogP contribution in [0.3, 0.4) is 0 Å². The number of aromatic nitrogens is 5. The van der Waals surface area contributed by atoms with E-state index in [-0.39, 0.29) is 11.7 Å². The second-order valence-electron chi connectivity index (χ2n) is 3.98. The van der Waals surface area contributed by atoms with Gasteiger partial charge in [0.15, 0.2) is 0 Å². The summed E-state index contributed by atoms with van der Waals surface area (Å²) < 4.78 is 6.67. The summed E-state index contributed by atoms with van der Waals surface area (Å²) in [6.45, 7) is 0.581. The summed E-state index contributed by atoms with van der Waals surface area (Å²) in [4.78, 5) is 8.60. The Bertz CT molecular complexity index is 711. The van der Waals surface area contributed by atoms with E-state index in [1.54, 1.807) is 10.9 Å². The lowest BCUT2D eigenvalue weighted by Crippen LogP contribution is -2.33. The van der Waals surface area contributed by atoms with Crippen molar-refractivity contribution in [2.45, 2.75) is 6.54 Å². The molecule has 0 N–H and O–H groups in total. The van der Waals surface area contributed by atoms with E-state index < -0.39 is 0 Å². The second kappa shape index (κ2) is 4.52. The molecule has 0 bridgehead atoms. The minimum Gasteiger partial charge on any atom is -0.690 e. The molecule has 0 aliphatic heterocycles. The van der Waals surface area contributed by atoms with Crippen molar-refractivity contribution < 1.29 is 9.58 Å². The molecule has 0 fully saturated rings. The van der Waals surface area contributed by atoms with E-state index in [9.17, 15) is 5.21 Å². The minimum absolute atomic E-state index is 0.0253. The van der Waals surface area contributed by atoms with Crippen molar-refractivity contribution in [3.8, 4) is 6.01 Å². The molecule has 0 saturated carbocycles. The van der Waals surface area contributed by atoms with Crippen LogP contribution in [-0.4, -0.2) is 26.7 Å². The number of methoxy groups -OCH3 is 1. The maximum Gasteiger partial charge on any atom is 0.392 e. The molecule has 19 heavy (non-hydrogen) atoms. The van der Waals surface area contributed by atoms with E-state index in [4.69, 9.17) is 4.74 Å². The van der Waals surface area contributed by atoms with Crippen LogP contribution in [0.2, 0.25) is 0 Å². The Labute approximate surface area is 108 Å². The fourth-order valence-electron chi connectivity index (χ4n) is 1.83. The van der Waals surface area contributed by atoms with Crippen molar-refractivity contribution in [2.24, 2.45) is 0 Å². The fraction of sp³-hybridized carbons (Fsp3) is 0.167. The number of ether oxygens (including phenoxy) is 1. The van der Waals surface area contributed by atoms with Crippen molar-refractivity contribution in [2.75, 3.05) is 7.11 Å². The number of nitrogens with zero attached hydrogens (tertiary/aromatic N) is 5. The third-order valence-electron chi connectivity index (χ3n) is 2.73. The minimum atomic E-state index is 0.0253. The van der Waals surface area contributed by atoms with E-state index in [1.807, 2.05) is 30.3 Å². The van der Waals surface area contributed by atoms with Crippen LogP contribution in [0.25, 0.3) is 11.3 Å². The predicted molar refractivity (Wildman–Crippen MR) is 66.4 cm³/mol. The Morgan fingerprint density at radius 1 is 1.32 bits per heavy atom. The van der Waals surface area contributed by atoms with Gasteiger partial charge in [0.1, 0.15) is 0 Å². The number of hydrogen-bond acceptors (Lipinski definition) is 5. The molecule has 0 unspecified atom stereocenters. The lowest BCUT2D eigenvalue weighted by Gasteiger charge is -2.04. The molecule has 0 spiro atoms. The van der Waals surface area contributed by atoms with Crippen LogP contribution in [0, 0.1) is 5.21 Å². The highest BCUT2D eigenvalue weighted by molar-refractivity contribution is 5.61. The van der Waals surface area contributed by atoms with E-state index in [1.165, 1.54) is 7.11 Å². The summed E-state index contributed by atoms with van der Waals surface area (Å²) in [5, 5.41) is 15.2. The molecule has 0 saturated heterocycles. The molecule has 3 aromatic rings. The fourth-order valence-corrected chi connectivity index (χ4v) is 1.83. The van der Waals surface area contributed by atoms with E-state index in [2.05, 4.69) is 15.1 Å². The molecular weight excluding hydrogens is 246 g/mol. The van der Waals surface area contributed by atoms with Gasteiger partial charge in [-0.25, -0.2) is 0 Å². The van der Waals surface area contributed by atoms with Crippen LogP contribution >= 0.6 is 0 Å². The molecule has 7 nitrogen and oxygen atoms in total. The highest BCUT2D eigenvalue weighted by Gasteiger charge is 2.17. The van der Waals surface area contributed by atoms with Gasteiger partial charge in [0, 0.05) is 0 Å². The summed E-state index contributed by atoms with van der Waals surface area (Å²) in [5.41, 5.74) is 1.72. The van der Waals surface area contributed by atoms with Gasteiger partial charge in [-0.3, -0.25) is 4.57 Å². The first kappa shape index (κ1) is 11.4.